The van der Waals surface area contributed by atoms with Crippen LogP contribution in [-0.2, 0) is 48.8 Å². The molecule has 0 saturated carbocycles. The van der Waals surface area contributed by atoms with Gasteiger partial charge in [0.1, 0.15) is 5.75 Å². The largest absolute Gasteiger partial charge is 0.665 e. The van der Waals surface area contributed by atoms with Gasteiger partial charge in [-0.1, -0.05) is 62.7 Å². The molecule has 3 aromatic carbocycles. The summed E-state index contributed by atoms with van der Waals surface area (Å²) in [5, 5.41) is 10.4. The second kappa shape index (κ2) is 23.6. The summed E-state index contributed by atoms with van der Waals surface area (Å²) in [6.45, 7) is 30.0. The van der Waals surface area contributed by atoms with Gasteiger partial charge in [0.15, 0.2) is 0 Å². The van der Waals surface area contributed by atoms with Gasteiger partial charge >= 0.3 is 97.7 Å². The summed E-state index contributed by atoms with van der Waals surface area (Å²) in [5.74, 6) is 1.87. The van der Waals surface area contributed by atoms with Crippen molar-refractivity contribution in [3.8, 4) is 5.75 Å². The molecule has 0 saturated heterocycles. The fourth-order valence-electron chi connectivity index (χ4n) is 7.37. The Morgan fingerprint density at radius 2 is 1.36 bits per heavy atom. The number of halogens is 2. The maximum atomic E-state index is 10.4. The van der Waals surface area contributed by atoms with E-state index in [1.165, 1.54) is 102 Å². The predicted octanol–water partition coefficient (Wildman–Crippen LogP) is 14.8. The van der Waals surface area contributed by atoms with Crippen molar-refractivity contribution in [1.82, 2.24) is 4.98 Å². The molecule has 302 valence electrons. The first kappa shape index (κ1) is 49.4. The van der Waals surface area contributed by atoms with E-state index in [-0.39, 0.29) is 5.41 Å². The molecule has 0 aliphatic heterocycles. The summed E-state index contributed by atoms with van der Waals surface area (Å²) in [4.78, 5) is 4.11. The topological polar surface area (TPSA) is 63.8 Å². The quantitative estimate of drug-likeness (QED) is 0.164. The fraction of sp³-hybridized carbons (Fsp3) is 0.489. The van der Waals surface area contributed by atoms with Crippen molar-refractivity contribution >= 4 is 46.2 Å². The monoisotopic (exact) mass is 1060 g/mol. The SMILES string of the molecule is CC(C)(C)c1c(Br)cc2c(c1C1CCCc3cc(Br)c(O)cc31)CCCC2.CC(C)c1cccc(C(C)C)c1[N]=[W].C[Si](C)=O.Cc1ccc(C)[n-]1.[CH2-]C[CH2-]. The van der Waals surface area contributed by atoms with E-state index in [2.05, 4.69) is 133 Å². The van der Waals surface area contributed by atoms with Gasteiger partial charge in [0, 0.05) is 10.4 Å². The van der Waals surface area contributed by atoms with Gasteiger partial charge in [-0.25, -0.2) is 0 Å². The Labute approximate surface area is 364 Å². The number of aromatic nitrogens is 1. The Balaban J connectivity index is 0.000000309. The minimum Gasteiger partial charge on any atom is -0.665 e. The van der Waals surface area contributed by atoms with Crippen LogP contribution in [0.2, 0.25) is 13.1 Å². The molecule has 0 bridgehead atoms. The van der Waals surface area contributed by atoms with E-state index in [4.69, 9.17) is 0 Å². The van der Waals surface area contributed by atoms with E-state index >= 15 is 0 Å². The molecule has 2 aliphatic carbocycles. The van der Waals surface area contributed by atoms with Crippen molar-refractivity contribution in [3.05, 3.63) is 127 Å². The minimum absolute atomic E-state index is 0.0790. The number of rotatable bonds is 4. The zero-order chi connectivity index (χ0) is 41.6. The van der Waals surface area contributed by atoms with E-state index in [1.807, 2.05) is 32.0 Å². The Hall–Kier alpha value is -1.79. The maximum absolute atomic E-state index is 10.4. The fourth-order valence-corrected chi connectivity index (χ4v) is 9.60. The van der Waals surface area contributed by atoms with Gasteiger partial charge < -0.3 is 34.8 Å². The molecule has 55 heavy (non-hydrogen) atoms. The number of aromatic hydroxyl groups is 1. The maximum Gasteiger partial charge on any atom is 0.270 e. The van der Waals surface area contributed by atoms with Crippen LogP contribution in [-0.4, -0.2) is 13.8 Å². The smallest absolute Gasteiger partial charge is 0.270 e. The first-order valence-corrected chi connectivity index (χ1v) is 25.0. The number of hydrogen-bond acceptors (Lipinski definition) is 3. The van der Waals surface area contributed by atoms with Gasteiger partial charge in [-0.15, -0.1) is 0 Å². The van der Waals surface area contributed by atoms with Gasteiger partial charge in [-0.3, -0.25) is 0 Å². The van der Waals surface area contributed by atoms with Gasteiger partial charge in [-0.05, 0) is 131 Å². The Bertz CT molecular complexity index is 1810. The first-order chi connectivity index (χ1) is 25.8. The van der Waals surface area contributed by atoms with Crippen molar-refractivity contribution in [2.45, 2.75) is 150 Å². The Kier molecular flexibility index (Phi) is 21.1. The average molecular weight is 1060 g/mol. The van der Waals surface area contributed by atoms with Crippen molar-refractivity contribution in [3.63, 3.8) is 0 Å². The molecule has 1 unspecified atom stereocenters. The van der Waals surface area contributed by atoms with E-state index in [0.29, 0.717) is 23.5 Å². The minimum atomic E-state index is -1.13. The molecule has 0 radical (unpaired) electrons. The number of aryl methyl sites for hydroxylation is 4. The molecule has 0 fully saturated rings. The van der Waals surface area contributed by atoms with Gasteiger partial charge in [-0.2, -0.15) is 11.4 Å². The third-order valence-electron chi connectivity index (χ3n) is 9.62. The molecule has 6 rings (SSSR count). The second-order valence-corrected chi connectivity index (χ2v) is 20.5. The zero-order valence-electron chi connectivity index (χ0n) is 35.3. The zero-order valence-corrected chi connectivity index (χ0v) is 42.4. The van der Waals surface area contributed by atoms with Crippen molar-refractivity contribution < 1.29 is 29.2 Å². The normalized spacial score (nSPS) is 14.4. The molecule has 4 aromatic rings. The number of hydrogen-bond donors (Lipinski definition) is 1. The number of phenolic OH excluding ortho intramolecular Hbond substituents is 1. The third-order valence-corrected chi connectivity index (χ3v) is 11.5. The van der Waals surface area contributed by atoms with Crippen molar-refractivity contribution in [2.24, 2.45) is 3.50 Å². The molecule has 1 aromatic heterocycles. The molecule has 0 amide bonds. The van der Waals surface area contributed by atoms with Crippen LogP contribution in [0.15, 0.2) is 61.0 Å². The summed E-state index contributed by atoms with van der Waals surface area (Å²) in [6.07, 6.45) is 9.19. The Morgan fingerprint density at radius 1 is 0.873 bits per heavy atom. The van der Waals surface area contributed by atoms with Crippen molar-refractivity contribution in [2.75, 3.05) is 0 Å². The second-order valence-electron chi connectivity index (χ2n) is 16.4. The van der Waals surface area contributed by atoms with E-state index < -0.39 is 8.68 Å². The van der Waals surface area contributed by atoms with Crippen LogP contribution in [0.3, 0.4) is 0 Å². The van der Waals surface area contributed by atoms with E-state index in [9.17, 15) is 9.57 Å². The van der Waals surface area contributed by atoms with E-state index in [1.54, 1.807) is 24.2 Å². The van der Waals surface area contributed by atoms with Crippen LogP contribution in [0.25, 0.3) is 0 Å². The molecular formula is C47H65Br2N2O2SiW-3. The van der Waals surface area contributed by atoms with Gasteiger partial charge in [0.05, 0.1) is 4.47 Å². The molecule has 1 atom stereocenters. The van der Waals surface area contributed by atoms with Crippen LogP contribution < -0.4 is 4.98 Å². The van der Waals surface area contributed by atoms with Crippen LogP contribution >= 0.6 is 31.9 Å². The predicted molar refractivity (Wildman–Crippen MR) is 240 cm³/mol. The number of phenols is 1. The standard InChI is InChI=1S/C24H28Br2O.C12H17N.C6H8N.C3H6.C2H6OSi.W/c1-24(2,3)23-20(26)12-14-7-4-5-9-16(14)22(23)17-10-6-8-15-11-19(25)21(27)13-18(15)17;1-8(2)10-6-5-7-11(9(3)4)12(10)13;1-5-3-4-6(2)7-5;1-3-2;1-4(2)3;/h11-13,17,27H,4-10H2,1-3H3;5-9H,1-4H3;3-4H,1-2H3;1-3H2;1-2H3;/q;;-1;-2;;. The molecule has 0 spiro atoms. The van der Waals surface area contributed by atoms with Crippen LogP contribution in [0.4, 0.5) is 5.69 Å². The van der Waals surface area contributed by atoms with E-state index in [0.717, 1.165) is 28.7 Å². The molecule has 1 heterocycles. The van der Waals surface area contributed by atoms with Crippen LogP contribution in [0.5, 0.6) is 5.75 Å². The molecular weight excluding hydrogens is 996 g/mol. The van der Waals surface area contributed by atoms with Gasteiger partial charge in [0.2, 0.25) is 0 Å². The third kappa shape index (κ3) is 14.8. The Morgan fingerprint density at radius 3 is 1.82 bits per heavy atom. The first-order valence-electron chi connectivity index (χ1n) is 19.7. The van der Waals surface area contributed by atoms with Crippen LogP contribution in [0.1, 0.15) is 154 Å². The number of nitrogens with zero attached hydrogens (tertiary/aromatic N) is 2. The summed E-state index contributed by atoms with van der Waals surface area (Å²) in [5.41, 5.74) is 15.1. The molecule has 1 N–H and O–H groups in total. The number of fused-ring (bicyclic) bond motifs is 2. The summed E-state index contributed by atoms with van der Waals surface area (Å²) in [6, 6.07) is 17.1. The molecule has 8 heteroatoms. The number of benzene rings is 3. The van der Waals surface area contributed by atoms with Crippen LogP contribution in [0, 0.1) is 27.7 Å². The van der Waals surface area contributed by atoms with Gasteiger partial charge in [0.25, 0.3) is 8.68 Å². The molecule has 2 aliphatic rings. The summed E-state index contributed by atoms with van der Waals surface area (Å²) >= 11 is 8.74. The summed E-state index contributed by atoms with van der Waals surface area (Å²) in [7, 11) is -1.13. The summed E-state index contributed by atoms with van der Waals surface area (Å²) < 4.78 is 16.2. The average Bonchev–Trinajstić information content (AvgIpc) is 3.49. The van der Waals surface area contributed by atoms with Crippen molar-refractivity contribution in [1.29, 1.82) is 0 Å². The molecule has 4 nitrogen and oxygen atoms in total.